The Kier molecular flexibility index (Phi) is 5.04. The Bertz CT molecular complexity index is 255. The van der Waals surface area contributed by atoms with Gasteiger partial charge < -0.3 is 20.5 Å². The van der Waals surface area contributed by atoms with E-state index in [1.54, 1.807) is 0 Å². The van der Waals surface area contributed by atoms with Crippen molar-refractivity contribution in [1.82, 2.24) is 4.90 Å². The molecule has 3 N–H and O–H groups in total. The van der Waals surface area contributed by atoms with Crippen LogP contribution in [0.15, 0.2) is 0 Å². The lowest BCUT2D eigenvalue weighted by Gasteiger charge is -2.25. The lowest BCUT2D eigenvalue weighted by molar-refractivity contribution is 0.0175. The van der Waals surface area contributed by atoms with Crippen LogP contribution in [0.5, 0.6) is 0 Å². The fraction of sp³-hybridized carbons (Fsp3) is 0.900. The van der Waals surface area contributed by atoms with Gasteiger partial charge in [-0.25, -0.2) is 4.79 Å². The number of hydrogen-bond donors (Lipinski definition) is 2. The zero-order chi connectivity index (χ0) is 11.7. The number of rotatable bonds is 1. The molecule has 16 heavy (non-hydrogen) atoms. The molecule has 1 aliphatic heterocycles. The number of nitrogens with zero attached hydrogens (tertiary/aromatic N) is 1. The van der Waals surface area contributed by atoms with Crippen LogP contribution in [0.25, 0.3) is 0 Å². The predicted molar refractivity (Wildman–Crippen MR) is 63.7 cm³/mol. The molecule has 0 aromatic heterocycles. The van der Waals surface area contributed by atoms with Crippen molar-refractivity contribution < 1.29 is 14.6 Å². The monoisotopic (exact) mass is 252 g/mol. The van der Waals surface area contributed by atoms with Gasteiger partial charge in [-0.2, -0.15) is 0 Å². The maximum Gasteiger partial charge on any atom is 0.410 e. The molecule has 1 aliphatic rings. The third-order valence-electron chi connectivity index (χ3n) is 2.36. The summed E-state index contributed by atoms with van der Waals surface area (Å²) in [6, 6.07) is 0. The predicted octanol–water partition coefficient (Wildman–Crippen LogP) is 0.739. The molecule has 1 rings (SSSR count). The highest BCUT2D eigenvalue weighted by atomic mass is 35.5. The smallest absolute Gasteiger partial charge is 0.410 e. The quantitative estimate of drug-likeness (QED) is 0.722. The Balaban J connectivity index is 0.00000225. The summed E-state index contributed by atoms with van der Waals surface area (Å²) in [5.74, 6) is 0. The molecule has 6 heteroatoms. The summed E-state index contributed by atoms with van der Waals surface area (Å²) in [5, 5.41) is 9.84. The third kappa shape index (κ3) is 4.15. The van der Waals surface area contributed by atoms with Crippen LogP contribution in [0, 0.1) is 0 Å². The molecule has 0 bridgehead atoms. The van der Waals surface area contributed by atoms with Gasteiger partial charge in [0.05, 0.1) is 12.1 Å². The van der Waals surface area contributed by atoms with Gasteiger partial charge in [0.25, 0.3) is 0 Å². The molecule has 1 amide bonds. The zero-order valence-corrected chi connectivity index (χ0v) is 10.8. The minimum Gasteiger partial charge on any atom is -0.444 e. The zero-order valence-electron chi connectivity index (χ0n) is 10.0. The number of carbonyl (C=O) groups excluding carboxylic acids is 1. The van der Waals surface area contributed by atoms with Crippen molar-refractivity contribution >= 4 is 18.5 Å². The SMILES string of the molecule is CC(C)(C)OC(=O)N1CCC(O)(CN)C1.Cl. The summed E-state index contributed by atoms with van der Waals surface area (Å²) in [6.07, 6.45) is 0.134. The fourth-order valence-corrected chi connectivity index (χ4v) is 1.51. The highest BCUT2D eigenvalue weighted by Crippen LogP contribution is 2.22. The van der Waals surface area contributed by atoms with Crippen LogP contribution in [-0.2, 0) is 4.74 Å². The molecule has 0 aromatic carbocycles. The number of nitrogens with two attached hydrogens (primary N) is 1. The summed E-state index contributed by atoms with van der Waals surface area (Å²) < 4.78 is 5.19. The van der Waals surface area contributed by atoms with E-state index in [-0.39, 0.29) is 31.6 Å². The van der Waals surface area contributed by atoms with E-state index < -0.39 is 11.2 Å². The molecule has 96 valence electrons. The molecule has 5 nitrogen and oxygen atoms in total. The molecule has 0 aliphatic carbocycles. The van der Waals surface area contributed by atoms with Gasteiger partial charge in [-0.3, -0.25) is 0 Å². The number of hydrogen-bond acceptors (Lipinski definition) is 4. The summed E-state index contributed by atoms with van der Waals surface area (Å²) in [5.41, 5.74) is 4.00. The summed E-state index contributed by atoms with van der Waals surface area (Å²) in [6.45, 7) is 6.38. The number of amides is 1. The van der Waals surface area contributed by atoms with Gasteiger partial charge in [0.2, 0.25) is 0 Å². The molecular formula is C10H21ClN2O3. The second-order valence-electron chi connectivity index (χ2n) is 5.08. The minimum absolute atomic E-state index is 0. The Morgan fingerprint density at radius 2 is 2.12 bits per heavy atom. The van der Waals surface area contributed by atoms with E-state index >= 15 is 0 Å². The van der Waals surface area contributed by atoms with E-state index in [9.17, 15) is 9.90 Å². The summed E-state index contributed by atoms with van der Waals surface area (Å²) in [7, 11) is 0. The number of carbonyl (C=O) groups is 1. The van der Waals surface area contributed by atoms with E-state index in [1.807, 2.05) is 20.8 Å². The normalized spacial score (nSPS) is 25.2. The van der Waals surface area contributed by atoms with Crippen molar-refractivity contribution in [2.45, 2.75) is 38.4 Å². The van der Waals surface area contributed by atoms with Gasteiger partial charge in [0, 0.05) is 13.1 Å². The van der Waals surface area contributed by atoms with Crippen LogP contribution < -0.4 is 5.73 Å². The Labute approximate surface area is 102 Å². The Morgan fingerprint density at radius 3 is 2.50 bits per heavy atom. The molecule has 1 heterocycles. The van der Waals surface area contributed by atoms with Crippen LogP contribution in [0.1, 0.15) is 27.2 Å². The maximum atomic E-state index is 11.6. The second-order valence-corrected chi connectivity index (χ2v) is 5.08. The van der Waals surface area contributed by atoms with E-state index in [1.165, 1.54) is 4.90 Å². The highest BCUT2D eigenvalue weighted by molar-refractivity contribution is 5.85. The molecule has 0 spiro atoms. The van der Waals surface area contributed by atoms with Crippen molar-refractivity contribution in [3.05, 3.63) is 0 Å². The molecular weight excluding hydrogens is 232 g/mol. The number of β-amino-alcohol motifs (C(OH)–C–C–N with tert-alkyl or cyclic N) is 1. The van der Waals surface area contributed by atoms with Crippen LogP contribution in [0.2, 0.25) is 0 Å². The molecule has 0 radical (unpaired) electrons. The van der Waals surface area contributed by atoms with Crippen molar-refractivity contribution in [1.29, 1.82) is 0 Å². The minimum atomic E-state index is -0.934. The number of ether oxygens (including phenoxy) is 1. The van der Waals surface area contributed by atoms with Crippen molar-refractivity contribution in [3.8, 4) is 0 Å². The topological polar surface area (TPSA) is 75.8 Å². The van der Waals surface area contributed by atoms with E-state index in [0.29, 0.717) is 13.0 Å². The Morgan fingerprint density at radius 1 is 1.56 bits per heavy atom. The van der Waals surface area contributed by atoms with Crippen LogP contribution in [0.4, 0.5) is 4.79 Å². The maximum absolute atomic E-state index is 11.6. The van der Waals surface area contributed by atoms with Crippen molar-refractivity contribution in [2.75, 3.05) is 19.6 Å². The highest BCUT2D eigenvalue weighted by Gasteiger charge is 2.38. The van der Waals surface area contributed by atoms with Gasteiger partial charge in [0.1, 0.15) is 5.60 Å². The molecule has 0 aromatic rings. The van der Waals surface area contributed by atoms with Crippen LogP contribution in [0.3, 0.4) is 0 Å². The molecule has 1 fully saturated rings. The fourth-order valence-electron chi connectivity index (χ4n) is 1.51. The number of likely N-dealkylation sites (tertiary alicyclic amines) is 1. The standard InChI is InChI=1S/C10H20N2O3.ClH/c1-9(2,3)15-8(13)12-5-4-10(14,6-11)7-12;/h14H,4-7,11H2,1-3H3;1H. The van der Waals surface area contributed by atoms with Gasteiger partial charge >= 0.3 is 6.09 Å². The van der Waals surface area contributed by atoms with Gasteiger partial charge in [-0.15, -0.1) is 12.4 Å². The molecule has 0 saturated carbocycles. The van der Waals surface area contributed by atoms with E-state index in [0.717, 1.165) is 0 Å². The molecule has 1 saturated heterocycles. The van der Waals surface area contributed by atoms with Crippen molar-refractivity contribution in [2.24, 2.45) is 5.73 Å². The number of aliphatic hydroxyl groups is 1. The first-order valence-electron chi connectivity index (χ1n) is 5.16. The lowest BCUT2D eigenvalue weighted by atomic mass is 10.0. The van der Waals surface area contributed by atoms with Crippen molar-refractivity contribution in [3.63, 3.8) is 0 Å². The van der Waals surface area contributed by atoms with E-state index in [2.05, 4.69) is 0 Å². The molecule has 1 unspecified atom stereocenters. The molecule has 1 atom stereocenters. The van der Waals surface area contributed by atoms with Gasteiger partial charge in [-0.05, 0) is 27.2 Å². The first-order valence-corrected chi connectivity index (χ1v) is 5.16. The van der Waals surface area contributed by atoms with E-state index in [4.69, 9.17) is 10.5 Å². The van der Waals surface area contributed by atoms with Gasteiger partial charge in [0.15, 0.2) is 0 Å². The first kappa shape index (κ1) is 15.5. The lowest BCUT2D eigenvalue weighted by Crippen LogP contribution is -2.43. The average molecular weight is 253 g/mol. The van der Waals surface area contributed by atoms with Gasteiger partial charge in [-0.1, -0.05) is 0 Å². The number of halogens is 1. The van der Waals surface area contributed by atoms with Crippen LogP contribution >= 0.6 is 12.4 Å². The average Bonchev–Trinajstić information content (AvgIpc) is 2.46. The largest absolute Gasteiger partial charge is 0.444 e. The summed E-state index contributed by atoms with van der Waals surface area (Å²) >= 11 is 0. The van der Waals surface area contributed by atoms with Crippen LogP contribution in [-0.4, -0.2) is 46.9 Å². The third-order valence-corrected chi connectivity index (χ3v) is 2.36. The Hall–Kier alpha value is -0.520. The summed E-state index contributed by atoms with van der Waals surface area (Å²) in [4.78, 5) is 13.1. The second kappa shape index (κ2) is 5.21. The first-order chi connectivity index (χ1) is 6.76.